The van der Waals surface area contributed by atoms with Crippen molar-refractivity contribution in [2.24, 2.45) is 5.41 Å². The molecule has 0 amide bonds. The van der Waals surface area contributed by atoms with Crippen LogP contribution in [0, 0.1) is 5.41 Å². The van der Waals surface area contributed by atoms with Crippen LogP contribution in [0.1, 0.15) is 46.5 Å². The summed E-state index contributed by atoms with van der Waals surface area (Å²) in [7, 11) is 0. The molecule has 0 bridgehead atoms. The summed E-state index contributed by atoms with van der Waals surface area (Å²) in [4.78, 5) is 9.81. The molecule has 12 heavy (non-hydrogen) atoms. The van der Waals surface area contributed by atoms with Crippen molar-refractivity contribution in [2.75, 3.05) is 6.61 Å². The van der Waals surface area contributed by atoms with Gasteiger partial charge in [0, 0.05) is 0 Å². The topological polar surface area (TPSA) is 26.3 Å². The molecule has 0 aliphatic carbocycles. The molecule has 1 radical (unpaired) electrons. The molecule has 2 nitrogen and oxygen atoms in total. The number of hydrogen-bond donors (Lipinski definition) is 0. The third-order valence-electron chi connectivity index (χ3n) is 3.04. The molecule has 0 saturated heterocycles. The summed E-state index contributed by atoms with van der Waals surface area (Å²) in [5.74, 6) is 0. The summed E-state index contributed by atoms with van der Waals surface area (Å²) in [6.45, 7) is 8.55. The maximum absolute atomic E-state index is 9.81. The molecule has 71 valence electrons. The van der Waals surface area contributed by atoms with Gasteiger partial charge in [-0.3, -0.25) is 0 Å². The van der Waals surface area contributed by atoms with Crippen molar-refractivity contribution < 1.29 is 9.53 Å². The Morgan fingerprint density at radius 3 is 2.00 bits per heavy atom. The lowest BCUT2D eigenvalue weighted by Crippen LogP contribution is -2.19. The van der Waals surface area contributed by atoms with Gasteiger partial charge < -0.3 is 4.74 Å². The predicted octanol–water partition coefficient (Wildman–Crippen LogP) is 2.68. The Bertz CT molecular complexity index is 109. The monoisotopic (exact) mass is 171 g/mol. The summed E-state index contributed by atoms with van der Waals surface area (Å²) in [5, 5.41) is 0. The summed E-state index contributed by atoms with van der Waals surface area (Å²) in [6, 6.07) is 0. The second kappa shape index (κ2) is 6.04. The highest BCUT2D eigenvalue weighted by molar-refractivity contribution is 5.38. The van der Waals surface area contributed by atoms with E-state index < -0.39 is 0 Å². The van der Waals surface area contributed by atoms with E-state index in [1.54, 1.807) is 0 Å². The van der Waals surface area contributed by atoms with Crippen molar-refractivity contribution in [1.82, 2.24) is 0 Å². The van der Waals surface area contributed by atoms with Crippen molar-refractivity contribution in [2.45, 2.75) is 46.5 Å². The quantitative estimate of drug-likeness (QED) is 0.550. The smallest absolute Gasteiger partial charge is 0.417 e. The molecule has 0 atom stereocenters. The Kier molecular flexibility index (Phi) is 5.77. The predicted molar refractivity (Wildman–Crippen MR) is 49.6 cm³/mol. The van der Waals surface area contributed by atoms with Crippen molar-refractivity contribution in [3.63, 3.8) is 0 Å². The Labute approximate surface area is 75.3 Å². The number of carbonyl (C=O) groups excluding carboxylic acids is 1. The van der Waals surface area contributed by atoms with Gasteiger partial charge in [0.25, 0.3) is 0 Å². The van der Waals surface area contributed by atoms with E-state index >= 15 is 0 Å². The van der Waals surface area contributed by atoms with E-state index in [1.165, 1.54) is 6.47 Å². The van der Waals surface area contributed by atoms with Gasteiger partial charge in [0.05, 0.1) is 6.61 Å². The van der Waals surface area contributed by atoms with Gasteiger partial charge >= 0.3 is 6.47 Å². The van der Waals surface area contributed by atoms with Gasteiger partial charge in [-0.1, -0.05) is 40.0 Å². The highest BCUT2D eigenvalue weighted by Crippen LogP contribution is 2.33. The van der Waals surface area contributed by atoms with Crippen LogP contribution < -0.4 is 0 Å². The van der Waals surface area contributed by atoms with Crippen LogP contribution in [-0.2, 0) is 9.53 Å². The average Bonchev–Trinajstić information content (AvgIpc) is 2.14. The Morgan fingerprint density at radius 1 is 1.17 bits per heavy atom. The molecule has 0 spiro atoms. The van der Waals surface area contributed by atoms with Gasteiger partial charge in [-0.2, -0.15) is 0 Å². The first-order chi connectivity index (χ1) is 5.74. The lowest BCUT2D eigenvalue weighted by Gasteiger charge is -2.29. The lowest BCUT2D eigenvalue weighted by atomic mass is 9.77. The van der Waals surface area contributed by atoms with Crippen molar-refractivity contribution in [1.29, 1.82) is 0 Å². The first kappa shape index (κ1) is 11.5. The highest BCUT2D eigenvalue weighted by Gasteiger charge is 2.23. The molecule has 0 heterocycles. The van der Waals surface area contributed by atoms with Crippen molar-refractivity contribution in [3.8, 4) is 0 Å². The summed E-state index contributed by atoms with van der Waals surface area (Å²) in [6.07, 6.45) is 4.43. The first-order valence-corrected chi connectivity index (χ1v) is 4.73. The second-order valence-corrected chi connectivity index (χ2v) is 3.24. The van der Waals surface area contributed by atoms with Crippen LogP contribution in [0.3, 0.4) is 0 Å². The molecule has 0 unspecified atom stereocenters. The summed E-state index contributed by atoms with van der Waals surface area (Å²) in [5.41, 5.74) is 0.372. The van der Waals surface area contributed by atoms with E-state index in [-0.39, 0.29) is 0 Å². The van der Waals surface area contributed by atoms with Crippen molar-refractivity contribution in [3.05, 3.63) is 0 Å². The molecular formula is C10H19O2. The third-order valence-corrected chi connectivity index (χ3v) is 3.04. The fourth-order valence-electron chi connectivity index (χ4n) is 1.59. The van der Waals surface area contributed by atoms with E-state index in [1.807, 2.05) is 0 Å². The molecule has 0 N–H and O–H groups in total. The normalized spacial score (nSPS) is 11.2. The zero-order valence-electron chi connectivity index (χ0n) is 8.35. The van der Waals surface area contributed by atoms with Crippen LogP contribution in [0.5, 0.6) is 0 Å². The van der Waals surface area contributed by atoms with Crippen LogP contribution in [0.4, 0.5) is 0 Å². The molecule has 0 aromatic heterocycles. The SMILES string of the molecule is CCC(CC)(CC)CCO[C]=O. The second-order valence-electron chi connectivity index (χ2n) is 3.24. The molecule has 2 heteroatoms. The number of hydrogen-bond acceptors (Lipinski definition) is 2. The summed E-state index contributed by atoms with van der Waals surface area (Å²) < 4.78 is 4.59. The minimum absolute atomic E-state index is 0.372. The van der Waals surface area contributed by atoms with E-state index in [2.05, 4.69) is 25.5 Å². The number of rotatable bonds is 7. The van der Waals surface area contributed by atoms with Gasteiger partial charge in [-0.05, 0) is 11.8 Å². The van der Waals surface area contributed by atoms with Crippen molar-refractivity contribution >= 4 is 6.47 Å². The maximum Gasteiger partial charge on any atom is 0.417 e. The molecule has 0 aliphatic heterocycles. The Balaban J connectivity index is 3.84. The molecule has 0 rings (SSSR count). The standard InChI is InChI=1S/C10H19O2/c1-4-10(5-2,6-3)7-8-12-9-11/h4-8H2,1-3H3. The zero-order chi connectivity index (χ0) is 9.45. The third kappa shape index (κ3) is 3.24. The molecule has 0 saturated carbocycles. The van der Waals surface area contributed by atoms with Gasteiger partial charge in [-0.25, -0.2) is 4.79 Å². The molecule has 0 aromatic rings. The van der Waals surface area contributed by atoms with E-state index in [4.69, 9.17) is 0 Å². The fraction of sp³-hybridized carbons (Fsp3) is 0.900. The van der Waals surface area contributed by atoms with Crippen LogP contribution >= 0.6 is 0 Å². The van der Waals surface area contributed by atoms with Gasteiger partial charge in [-0.15, -0.1) is 0 Å². The first-order valence-electron chi connectivity index (χ1n) is 4.73. The number of ether oxygens (including phenoxy) is 1. The maximum atomic E-state index is 9.81. The van der Waals surface area contributed by atoms with Crippen LogP contribution in [0.25, 0.3) is 0 Å². The van der Waals surface area contributed by atoms with Crippen LogP contribution in [-0.4, -0.2) is 13.1 Å². The zero-order valence-corrected chi connectivity index (χ0v) is 8.35. The Hall–Kier alpha value is -0.530. The van der Waals surface area contributed by atoms with E-state index in [0.717, 1.165) is 25.7 Å². The molecule has 0 aliphatic rings. The van der Waals surface area contributed by atoms with Gasteiger partial charge in [0.2, 0.25) is 0 Å². The van der Waals surface area contributed by atoms with Crippen LogP contribution in [0.2, 0.25) is 0 Å². The molecular weight excluding hydrogens is 152 g/mol. The van der Waals surface area contributed by atoms with E-state index in [9.17, 15) is 4.79 Å². The minimum atomic E-state index is 0.372. The van der Waals surface area contributed by atoms with Gasteiger partial charge in [0.15, 0.2) is 0 Å². The summed E-state index contributed by atoms with van der Waals surface area (Å²) >= 11 is 0. The largest absolute Gasteiger partial charge is 0.457 e. The molecule has 0 aromatic carbocycles. The minimum Gasteiger partial charge on any atom is -0.457 e. The Morgan fingerprint density at radius 2 is 1.67 bits per heavy atom. The highest BCUT2D eigenvalue weighted by atomic mass is 16.5. The van der Waals surface area contributed by atoms with Crippen LogP contribution in [0.15, 0.2) is 0 Å². The van der Waals surface area contributed by atoms with Gasteiger partial charge in [0.1, 0.15) is 0 Å². The molecule has 0 fully saturated rings. The lowest BCUT2D eigenvalue weighted by molar-refractivity contribution is 0.163. The average molecular weight is 171 g/mol. The fourth-order valence-corrected chi connectivity index (χ4v) is 1.59. The van der Waals surface area contributed by atoms with E-state index in [0.29, 0.717) is 12.0 Å².